The summed E-state index contributed by atoms with van der Waals surface area (Å²) in [5.41, 5.74) is 0. The first-order chi connectivity index (χ1) is 8.27. The Morgan fingerprint density at radius 1 is 1.44 bits per heavy atom. The lowest BCUT2D eigenvalue weighted by Gasteiger charge is -2.22. The lowest BCUT2D eigenvalue weighted by Crippen LogP contribution is -2.18. The first kappa shape index (κ1) is 11.8. The number of imidazole rings is 1. The smallest absolute Gasteiger partial charge is 0.363 e. The van der Waals surface area contributed by atoms with E-state index in [4.69, 9.17) is 18.1 Å². The SMILES string of the molecule is CC(CCS(=O)(=O)O)n1c2nc3c1OP(=O)(O3)O2. The topological polar surface area (TPSA) is 117 Å². The van der Waals surface area contributed by atoms with E-state index in [0.717, 1.165) is 0 Å². The summed E-state index contributed by atoms with van der Waals surface area (Å²) in [6.45, 7) is 1.69. The van der Waals surface area contributed by atoms with Crippen molar-refractivity contribution in [3.05, 3.63) is 0 Å². The van der Waals surface area contributed by atoms with Crippen LogP contribution < -0.4 is 13.6 Å². The fourth-order valence-electron chi connectivity index (χ4n) is 1.79. The Balaban J connectivity index is 1.86. The van der Waals surface area contributed by atoms with Crippen LogP contribution in [0.5, 0.6) is 17.8 Å². The molecule has 4 rings (SSSR count). The first-order valence-corrected chi connectivity index (χ1v) is 8.11. The minimum absolute atomic E-state index is 0.0728. The van der Waals surface area contributed by atoms with Crippen molar-refractivity contribution >= 4 is 17.9 Å². The van der Waals surface area contributed by atoms with Gasteiger partial charge in [-0.3, -0.25) is 9.12 Å². The predicted octanol–water partition coefficient (Wildman–Crippen LogP) is 0.994. The van der Waals surface area contributed by atoms with Crippen LogP contribution in [0.1, 0.15) is 19.4 Å². The van der Waals surface area contributed by atoms with Gasteiger partial charge in [0.2, 0.25) is 0 Å². The zero-order valence-corrected chi connectivity index (χ0v) is 10.8. The van der Waals surface area contributed by atoms with Crippen molar-refractivity contribution < 1.29 is 31.1 Å². The van der Waals surface area contributed by atoms with Gasteiger partial charge >= 0.3 is 13.8 Å². The molecular formula is C7H9N2O7PS. The van der Waals surface area contributed by atoms with Gasteiger partial charge in [0, 0.05) is 6.04 Å². The Morgan fingerprint density at radius 2 is 2.17 bits per heavy atom. The molecule has 0 saturated carbocycles. The monoisotopic (exact) mass is 296 g/mol. The molecule has 9 nitrogen and oxygen atoms in total. The molecule has 0 aliphatic carbocycles. The Labute approximate surface area is 102 Å². The minimum Gasteiger partial charge on any atom is -0.363 e. The van der Waals surface area contributed by atoms with Crippen molar-refractivity contribution in [2.24, 2.45) is 0 Å². The summed E-state index contributed by atoms with van der Waals surface area (Å²) >= 11 is 0. The van der Waals surface area contributed by atoms with Crippen molar-refractivity contribution in [2.45, 2.75) is 19.4 Å². The van der Waals surface area contributed by atoms with Crippen LogP contribution in [0.2, 0.25) is 0 Å². The largest absolute Gasteiger partial charge is 0.652 e. The van der Waals surface area contributed by atoms with E-state index < -0.39 is 23.7 Å². The summed E-state index contributed by atoms with van der Waals surface area (Å²) < 4.78 is 57.9. The number of aromatic nitrogens is 2. The molecule has 0 amide bonds. The maximum Gasteiger partial charge on any atom is 0.652 e. The zero-order valence-electron chi connectivity index (χ0n) is 9.14. The van der Waals surface area contributed by atoms with Gasteiger partial charge in [0.05, 0.1) is 5.75 Å². The summed E-state index contributed by atoms with van der Waals surface area (Å²) in [5, 5.41) is 0. The quantitative estimate of drug-likeness (QED) is 0.645. The molecule has 0 aromatic carbocycles. The van der Waals surface area contributed by atoms with E-state index in [1.54, 1.807) is 6.92 Å². The molecule has 11 heteroatoms. The maximum atomic E-state index is 11.6. The predicted molar refractivity (Wildman–Crippen MR) is 57.5 cm³/mol. The molecule has 0 spiro atoms. The van der Waals surface area contributed by atoms with E-state index in [1.165, 1.54) is 4.57 Å². The van der Waals surface area contributed by atoms with E-state index in [-0.39, 0.29) is 30.2 Å². The molecule has 1 aromatic rings. The highest BCUT2D eigenvalue weighted by atomic mass is 32.2. The van der Waals surface area contributed by atoms with Crippen LogP contribution in [-0.2, 0) is 14.7 Å². The van der Waals surface area contributed by atoms with Crippen LogP contribution in [0, 0.1) is 0 Å². The molecule has 4 heterocycles. The molecule has 0 fully saturated rings. The molecule has 2 atom stereocenters. The average molecular weight is 296 g/mol. The van der Waals surface area contributed by atoms with Gasteiger partial charge in [-0.1, -0.05) is 0 Å². The Bertz CT molecular complexity index is 660. The van der Waals surface area contributed by atoms with E-state index in [1.807, 2.05) is 0 Å². The molecule has 4 bridgehead atoms. The van der Waals surface area contributed by atoms with Gasteiger partial charge in [0.25, 0.3) is 21.9 Å². The molecule has 2 unspecified atom stereocenters. The van der Waals surface area contributed by atoms with Crippen LogP contribution in [-0.4, -0.2) is 28.3 Å². The van der Waals surface area contributed by atoms with Crippen LogP contribution >= 0.6 is 7.82 Å². The van der Waals surface area contributed by atoms with Crippen molar-refractivity contribution in [3.63, 3.8) is 0 Å². The van der Waals surface area contributed by atoms with E-state index in [2.05, 4.69) is 4.98 Å². The van der Waals surface area contributed by atoms with Crippen molar-refractivity contribution in [1.82, 2.24) is 9.55 Å². The molecule has 3 aliphatic heterocycles. The highest BCUT2D eigenvalue weighted by Gasteiger charge is 2.52. The zero-order chi connectivity index (χ0) is 13.1. The fourth-order valence-corrected chi connectivity index (χ4v) is 3.58. The third-order valence-corrected chi connectivity index (χ3v) is 4.56. The minimum atomic E-state index is -4.04. The number of rotatable bonds is 4. The molecule has 0 radical (unpaired) electrons. The number of phosphoric acid groups is 1. The average Bonchev–Trinajstić information content (AvgIpc) is 2.59. The summed E-state index contributed by atoms with van der Waals surface area (Å²) in [5.74, 6) is -0.153. The molecule has 1 N–H and O–H groups in total. The van der Waals surface area contributed by atoms with E-state index >= 15 is 0 Å². The van der Waals surface area contributed by atoms with Gasteiger partial charge in [-0.15, -0.1) is 0 Å². The lowest BCUT2D eigenvalue weighted by molar-refractivity contribution is 0.261. The molecule has 1 aromatic heterocycles. The first-order valence-electron chi connectivity index (χ1n) is 5.04. The highest BCUT2D eigenvalue weighted by molar-refractivity contribution is 7.85. The van der Waals surface area contributed by atoms with Crippen LogP contribution in [0.4, 0.5) is 0 Å². The van der Waals surface area contributed by atoms with Gasteiger partial charge < -0.3 is 13.6 Å². The number of hydrogen-bond donors (Lipinski definition) is 1. The van der Waals surface area contributed by atoms with Crippen LogP contribution in [0.15, 0.2) is 0 Å². The molecule has 100 valence electrons. The Hall–Kier alpha value is -1.25. The lowest BCUT2D eigenvalue weighted by atomic mass is 10.2. The molecule has 18 heavy (non-hydrogen) atoms. The maximum absolute atomic E-state index is 11.6. The second-order valence-corrected chi connectivity index (χ2v) is 7.03. The third kappa shape index (κ3) is 1.76. The summed E-state index contributed by atoms with van der Waals surface area (Å²) in [4.78, 5) is 3.88. The summed E-state index contributed by atoms with van der Waals surface area (Å²) in [7, 11) is -7.61. The number of nitrogens with zero attached hydrogens (tertiary/aromatic N) is 2. The normalized spacial score (nSPS) is 25.4. The highest BCUT2D eigenvalue weighted by Crippen LogP contribution is 2.64. The summed E-state index contributed by atoms with van der Waals surface area (Å²) in [6, 6.07) is -0.294. The standard InChI is InChI=1S/C7H9N2O7PS/c1-4(2-3-18(11,12)13)9-6-5-8-7(9)16-17(10,14-5)15-6/h4H,2-3H2,1H3,(H,11,12,13). The van der Waals surface area contributed by atoms with Crippen molar-refractivity contribution in [1.29, 1.82) is 0 Å². The molecular weight excluding hydrogens is 287 g/mol. The van der Waals surface area contributed by atoms with E-state index in [9.17, 15) is 13.0 Å². The second kappa shape index (κ2) is 3.40. The molecule has 0 saturated heterocycles. The third-order valence-electron chi connectivity index (χ3n) is 2.63. The van der Waals surface area contributed by atoms with Gasteiger partial charge in [-0.25, -0.2) is 0 Å². The Kier molecular flexibility index (Phi) is 2.23. The van der Waals surface area contributed by atoms with Crippen molar-refractivity contribution in [3.8, 4) is 17.8 Å². The van der Waals surface area contributed by atoms with Gasteiger partial charge in [0.15, 0.2) is 0 Å². The summed E-state index contributed by atoms with van der Waals surface area (Å²) in [6.07, 6.45) is 0.131. The number of phosphoric ester groups is 1. The van der Waals surface area contributed by atoms with Crippen molar-refractivity contribution in [2.75, 3.05) is 5.75 Å². The van der Waals surface area contributed by atoms with Gasteiger partial charge in [-0.2, -0.15) is 18.0 Å². The number of hydrogen-bond acceptors (Lipinski definition) is 7. The van der Waals surface area contributed by atoms with Crippen LogP contribution in [0.25, 0.3) is 0 Å². The van der Waals surface area contributed by atoms with Gasteiger partial charge in [0.1, 0.15) is 0 Å². The Morgan fingerprint density at radius 3 is 2.78 bits per heavy atom. The molecule has 3 aliphatic rings. The van der Waals surface area contributed by atoms with Gasteiger partial charge in [-0.05, 0) is 13.3 Å². The van der Waals surface area contributed by atoms with E-state index in [0.29, 0.717) is 0 Å². The fraction of sp³-hybridized carbons (Fsp3) is 0.571. The second-order valence-electron chi connectivity index (χ2n) is 4.02. The van der Waals surface area contributed by atoms with Crippen LogP contribution in [0.3, 0.4) is 0 Å².